The number of benzene rings is 2. The Morgan fingerprint density at radius 2 is 1.89 bits per heavy atom. The number of carbonyl (C=O) groups is 1. The number of halogens is 1. The third-order valence-electron chi connectivity index (χ3n) is 5.45. The zero-order chi connectivity index (χ0) is 19.3. The van der Waals surface area contributed by atoms with Crippen molar-refractivity contribution in [2.75, 3.05) is 37.6 Å². The highest BCUT2D eigenvalue weighted by molar-refractivity contribution is 5.82. The minimum atomic E-state index is -0.243. The van der Waals surface area contributed by atoms with Crippen LogP contribution in [0.2, 0.25) is 0 Å². The Bertz CT molecular complexity index is 798. The summed E-state index contributed by atoms with van der Waals surface area (Å²) in [5, 5.41) is 3.29. The molecule has 6 heteroatoms. The van der Waals surface area contributed by atoms with Crippen LogP contribution in [-0.4, -0.2) is 49.6 Å². The smallest absolute Gasteiger partial charge is 0.239 e. The summed E-state index contributed by atoms with van der Waals surface area (Å²) in [6.45, 7) is 4.48. The standard InChI is InChI=1S/C22H26FN3O2/c23-18-8-6-17(7-9-18)16-28-20-4-1-3-19(15-20)25-11-13-26(14-12-25)22(27)21-5-2-10-24-21/h1,3-4,6-9,15,21,24H,2,5,10-14,16H2. The van der Waals surface area contributed by atoms with Crippen LogP contribution in [-0.2, 0) is 11.4 Å². The van der Waals surface area contributed by atoms with E-state index in [1.54, 1.807) is 12.1 Å². The molecule has 2 aliphatic rings. The minimum Gasteiger partial charge on any atom is -0.489 e. The van der Waals surface area contributed by atoms with E-state index in [1.165, 1.54) is 12.1 Å². The SMILES string of the molecule is O=C(C1CCCN1)N1CCN(c2cccc(OCc3ccc(F)cc3)c2)CC1. The molecular formula is C22H26FN3O2. The average Bonchev–Trinajstić information content (AvgIpc) is 3.28. The monoisotopic (exact) mass is 383 g/mol. The zero-order valence-corrected chi connectivity index (χ0v) is 15.9. The number of amides is 1. The maximum Gasteiger partial charge on any atom is 0.239 e. The molecule has 2 aromatic rings. The minimum absolute atomic E-state index is 0.00902. The fourth-order valence-corrected chi connectivity index (χ4v) is 3.82. The second-order valence-corrected chi connectivity index (χ2v) is 7.37. The van der Waals surface area contributed by atoms with Crippen LogP contribution in [0.5, 0.6) is 5.75 Å². The molecule has 0 aromatic heterocycles. The van der Waals surface area contributed by atoms with Gasteiger partial charge in [0.2, 0.25) is 5.91 Å². The van der Waals surface area contributed by atoms with Gasteiger partial charge >= 0.3 is 0 Å². The van der Waals surface area contributed by atoms with E-state index in [-0.39, 0.29) is 17.8 Å². The molecule has 0 saturated carbocycles. The van der Waals surface area contributed by atoms with Crippen LogP contribution in [0, 0.1) is 5.82 Å². The van der Waals surface area contributed by atoms with Gasteiger partial charge in [-0.1, -0.05) is 18.2 Å². The number of ether oxygens (including phenoxy) is 1. The molecule has 1 N–H and O–H groups in total. The lowest BCUT2D eigenvalue weighted by Crippen LogP contribution is -2.53. The number of nitrogens with zero attached hydrogens (tertiary/aromatic N) is 2. The number of anilines is 1. The van der Waals surface area contributed by atoms with Gasteiger partial charge in [0, 0.05) is 37.9 Å². The quantitative estimate of drug-likeness (QED) is 0.862. The lowest BCUT2D eigenvalue weighted by atomic mass is 10.1. The fraction of sp³-hybridized carbons (Fsp3) is 0.409. The molecule has 0 bridgehead atoms. The van der Waals surface area contributed by atoms with Gasteiger partial charge in [-0.25, -0.2) is 4.39 Å². The number of hydrogen-bond acceptors (Lipinski definition) is 4. The Labute approximate surface area is 165 Å². The summed E-state index contributed by atoms with van der Waals surface area (Å²) in [4.78, 5) is 16.8. The van der Waals surface area contributed by atoms with Crippen molar-refractivity contribution in [3.8, 4) is 5.75 Å². The van der Waals surface area contributed by atoms with E-state index < -0.39 is 0 Å². The summed E-state index contributed by atoms with van der Waals surface area (Å²) in [5.41, 5.74) is 2.03. The van der Waals surface area contributed by atoms with Crippen molar-refractivity contribution in [1.29, 1.82) is 0 Å². The third kappa shape index (κ3) is 4.44. The lowest BCUT2D eigenvalue weighted by molar-refractivity contribution is -0.133. The molecule has 148 valence electrons. The van der Waals surface area contributed by atoms with Gasteiger partial charge in [-0.3, -0.25) is 4.79 Å². The molecule has 2 aromatic carbocycles. The maximum atomic E-state index is 13.0. The van der Waals surface area contributed by atoms with E-state index in [0.717, 1.165) is 62.6 Å². The van der Waals surface area contributed by atoms with Crippen molar-refractivity contribution in [2.24, 2.45) is 0 Å². The van der Waals surface area contributed by atoms with Crippen LogP contribution in [0.15, 0.2) is 48.5 Å². The Kier molecular flexibility index (Phi) is 5.76. The molecular weight excluding hydrogens is 357 g/mol. The van der Waals surface area contributed by atoms with Crippen molar-refractivity contribution in [1.82, 2.24) is 10.2 Å². The number of nitrogens with one attached hydrogen (secondary N) is 1. The van der Waals surface area contributed by atoms with E-state index >= 15 is 0 Å². The van der Waals surface area contributed by atoms with Crippen molar-refractivity contribution in [3.05, 3.63) is 59.9 Å². The predicted octanol–water partition coefficient (Wildman–Crippen LogP) is 2.81. The molecule has 28 heavy (non-hydrogen) atoms. The zero-order valence-electron chi connectivity index (χ0n) is 15.9. The second-order valence-electron chi connectivity index (χ2n) is 7.37. The summed E-state index contributed by atoms with van der Waals surface area (Å²) in [5.74, 6) is 0.788. The summed E-state index contributed by atoms with van der Waals surface area (Å²) in [6, 6.07) is 14.4. The van der Waals surface area contributed by atoms with Gasteiger partial charge < -0.3 is 19.9 Å². The Morgan fingerprint density at radius 3 is 2.61 bits per heavy atom. The number of piperazine rings is 1. The van der Waals surface area contributed by atoms with Crippen molar-refractivity contribution < 1.29 is 13.9 Å². The summed E-state index contributed by atoms with van der Waals surface area (Å²) >= 11 is 0. The van der Waals surface area contributed by atoms with Crippen LogP contribution in [0.25, 0.3) is 0 Å². The largest absolute Gasteiger partial charge is 0.489 e. The summed E-state index contributed by atoms with van der Waals surface area (Å²) in [7, 11) is 0. The third-order valence-corrected chi connectivity index (χ3v) is 5.45. The van der Waals surface area contributed by atoms with Gasteiger partial charge in [-0.05, 0) is 49.2 Å². The summed E-state index contributed by atoms with van der Waals surface area (Å²) in [6.07, 6.45) is 2.04. The van der Waals surface area contributed by atoms with Crippen molar-refractivity contribution in [2.45, 2.75) is 25.5 Å². The number of hydrogen-bond donors (Lipinski definition) is 1. The molecule has 0 aliphatic carbocycles. The lowest BCUT2D eigenvalue weighted by Gasteiger charge is -2.37. The normalized spacial score (nSPS) is 19.7. The first-order valence-electron chi connectivity index (χ1n) is 9.93. The van der Waals surface area contributed by atoms with Gasteiger partial charge in [0.25, 0.3) is 0 Å². The molecule has 5 nitrogen and oxygen atoms in total. The van der Waals surface area contributed by atoms with Gasteiger partial charge in [0.05, 0.1) is 6.04 Å². The molecule has 0 spiro atoms. The van der Waals surface area contributed by atoms with Crippen LogP contribution >= 0.6 is 0 Å². The van der Waals surface area contributed by atoms with Crippen LogP contribution in [0.3, 0.4) is 0 Å². The Hall–Kier alpha value is -2.60. The summed E-state index contributed by atoms with van der Waals surface area (Å²) < 4.78 is 18.9. The molecule has 2 fully saturated rings. The Morgan fingerprint density at radius 1 is 1.11 bits per heavy atom. The van der Waals surface area contributed by atoms with Gasteiger partial charge in [0.1, 0.15) is 18.2 Å². The van der Waals surface area contributed by atoms with E-state index in [2.05, 4.69) is 16.3 Å². The highest BCUT2D eigenvalue weighted by atomic mass is 19.1. The molecule has 4 rings (SSSR count). The maximum absolute atomic E-state index is 13.0. The molecule has 1 atom stereocenters. The van der Waals surface area contributed by atoms with Gasteiger partial charge in [-0.2, -0.15) is 0 Å². The number of carbonyl (C=O) groups excluding carboxylic acids is 1. The molecule has 1 unspecified atom stereocenters. The van der Waals surface area contributed by atoms with Crippen LogP contribution in [0.1, 0.15) is 18.4 Å². The Balaban J connectivity index is 1.32. The number of rotatable bonds is 5. The van der Waals surface area contributed by atoms with E-state index in [9.17, 15) is 9.18 Å². The first-order chi connectivity index (χ1) is 13.7. The van der Waals surface area contributed by atoms with E-state index in [1.807, 2.05) is 23.1 Å². The first-order valence-corrected chi connectivity index (χ1v) is 9.93. The first kappa shape index (κ1) is 18.7. The topological polar surface area (TPSA) is 44.8 Å². The molecule has 0 radical (unpaired) electrons. The fourth-order valence-electron chi connectivity index (χ4n) is 3.82. The van der Waals surface area contributed by atoms with Crippen LogP contribution < -0.4 is 15.0 Å². The molecule has 2 aliphatic heterocycles. The second kappa shape index (κ2) is 8.61. The molecule has 2 saturated heterocycles. The average molecular weight is 383 g/mol. The van der Waals surface area contributed by atoms with E-state index in [0.29, 0.717) is 6.61 Å². The van der Waals surface area contributed by atoms with Crippen LogP contribution in [0.4, 0.5) is 10.1 Å². The highest BCUT2D eigenvalue weighted by Crippen LogP contribution is 2.23. The van der Waals surface area contributed by atoms with Gasteiger partial charge in [-0.15, -0.1) is 0 Å². The molecule has 2 heterocycles. The molecule has 1 amide bonds. The predicted molar refractivity (Wildman–Crippen MR) is 107 cm³/mol. The van der Waals surface area contributed by atoms with Gasteiger partial charge in [0.15, 0.2) is 0 Å². The van der Waals surface area contributed by atoms with Crippen molar-refractivity contribution >= 4 is 11.6 Å². The van der Waals surface area contributed by atoms with Crippen molar-refractivity contribution in [3.63, 3.8) is 0 Å². The highest BCUT2D eigenvalue weighted by Gasteiger charge is 2.29. The van der Waals surface area contributed by atoms with E-state index in [4.69, 9.17) is 4.74 Å².